The Hall–Kier alpha value is -0.910. The van der Waals surface area contributed by atoms with Gasteiger partial charge in [0.15, 0.2) is 0 Å². The molecule has 1 saturated carbocycles. The van der Waals surface area contributed by atoms with Crippen molar-refractivity contribution in [3.63, 3.8) is 0 Å². The SMILES string of the molecule is OC(Cc1ccn(C2CCCC2)n1)c1ncc(Cl)s1. The third-order valence-corrected chi connectivity index (χ3v) is 4.76. The highest BCUT2D eigenvalue weighted by Gasteiger charge is 2.19. The third-order valence-electron chi connectivity index (χ3n) is 3.55. The molecule has 1 aliphatic carbocycles. The van der Waals surface area contributed by atoms with Gasteiger partial charge in [0.25, 0.3) is 0 Å². The monoisotopic (exact) mass is 297 g/mol. The van der Waals surface area contributed by atoms with Gasteiger partial charge >= 0.3 is 0 Å². The van der Waals surface area contributed by atoms with E-state index >= 15 is 0 Å². The minimum Gasteiger partial charge on any atom is -0.386 e. The highest BCUT2D eigenvalue weighted by atomic mass is 35.5. The first kappa shape index (κ1) is 13.1. The number of aliphatic hydroxyl groups excluding tert-OH is 1. The van der Waals surface area contributed by atoms with E-state index in [4.69, 9.17) is 11.6 Å². The van der Waals surface area contributed by atoms with Crippen LogP contribution in [0.5, 0.6) is 0 Å². The first-order chi connectivity index (χ1) is 9.22. The van der Waals surface area contributed by atoms with Crippen molar-refractivity contribution < 1.29 is 5.11 Å². The minimum absolute atomic E-state index is 0.490. The van der Waals surface area contributed by atoms with Crippen molar-refractivity contribution in [3.05, 3.63) is 33.5 Å². The van der Waals surface area contributed by atoms with E-state index in [9.17, 15) is 5.11 Å². The molecule has 0 amide bonds. The highest BCUT2D eigenvalue weighted by Crippen LogP contribution is 2.29. The summed E-state index contributed by atoms with van der Waals surface area (Å²) in [5, 5.41) is 15.3. The molecule has 102 valence electrons. The van der Waals surface area contributed by atoms with Gasteiger partial charge in [0, 0.05) is 12.6 Å². The molecule has 2 aromatic heterocycles. The van der Waals surface area contributed by atoms with Crippen molar-refractivity contribution in [2.24, 2.45) is 0 Å². The molecule has 1 fully saturated rings. The highest BCUT2D eigenvalue weighted by molar-refractivity contribution is 7.15. The summed E-state index contributed by atoms with van der Waals surface area (Å²) in [7, 11) is 0. The molecule has 3 rings (SSSR count). The smallest absolute Gasteiger partial charge is 0.123 e. The molecule has 0 saturated heterocycles. The standard InChI is InChI=1S/C13H16ClN3OS/c14-12-8-15-13(19-12)11(18)7-9-5-6-17(16-9)10-3-1-2-4-10/h5-6,8,10-11,18H,1-4,7H2. The first-order valence-electron chi connectivity index (χ1n) is 6.55. The van der Waals surface area contributed by atoms with E-state index < -0.39 is 6.10 Å². The van der Waals surface area contributed by atoms with E-state index in [1.165, 1.54) is 37.0 Å². The Morgan fingerprint density at radius 3 is 2.95 bits per heavy atom. The maximum atomic E-state index is 10.1. The number of aliphatic hydroxyl groups is 1. The van der Waals surface area contributed by atoms with E-state index in [0.29, 0.717) is 21.8 Å². The fourth-order valence-electron chi connectivity index (χ4n) is 2.56. The summed E-state index contributed by atoms with van der Waals surface area (Å²) in [6.07, 6.45) is 8.47. The Balaban J connectivity index is 1.66. The molecule has 2 aromatic rings. The molecule has 4 nitrogen and oxygen atoms in total. The summed E-state index contributed by atoms with van der Waals surface area (Å²) in [5.74, 6) is 0. The fraction of sp³-hybridized carbons (Fsp3) is 0.538. The van der Waals surface area contributed by atoms with Crippen molar-refractivity contribution >= 4 is 22.9 Å². The number of halogens is 1. The van der Waals surface area contributed by atoms with Crippen molar-refractivity contribution in [1.29, 1.82) is 0 Å². The summed E-state index contributed by atoms with van der Waals surface area (Å²) in [6.45, 7) is 0. The van der Waals surface area contributed by atoms with E-state index in [1.807, 2.05) is 16.9 Å². The molecule has 1 unspecified atom stereocenters. The van der Waals surface area contributed by atoms with Gasteiger partial charge in [0.2, 0.25) is 0 Å². The van der Waals surface area contributed by atoms with Crippen molar-refractivity contribution in [3.8, 4) is 0 Å². The Labute approximate surface area is 121 Å². The Morgan fingerprint density at radius 2 is 2.26 bits per heavy atom. The van der Waals surface area contributed by atoms with Crippen LogP contribution in [0, 0.1) is 0 Å². The maximum Gasteiger partial charge on any atom is 0.123 e. The summed E-state index contributed by atoms with van der Waals surface area (Å²) in [6, 6.07) is 2.52. The van der Waals surface area contributed by atoms with E-state index in [-0.39, 0.29) is 0 Å². The van der Waals surface area contributed by atoms with E-state index in [1.54, 1.807) is 6.20 Å². The molecule has 1 aliphatic rings. The van der Waals surface area contributed by atoms with Crippen LogP contribution in [0.3, 0.4) is 0 Å². The zero-order valence-electron chi connectivity index (χ0n) is 10.5. The second-order valence-electron chi connectivity index (χ2n) is 4.95. The summed E-state index contributed by atoms with van der Waals surface area (Å²) < 4.78 is 2.65. The lowest BCUT2D eigenvalue weighted by Gasteiger charge is -2.09. The number of nitrogens with zero attached hydrogens (tertiary/aromatic N) is 3. The Morgan fingerprint density at radius 1 is 1.47 bits per heavy atom. The van der Waals surface area contributed by atoms with Crippen LogP contribution in [0.4, 0.5) is 0 Å². The predicted molar refractivity (Wildman–Crippen MR) is 75.5 cm³/mol. The van der Waals surface area contributed by atoms with Crippen molar-refractivity contribution in [2.75, 3.05) is 0 Å². The van der Waals surface area contributed by atoms with Gasteiger partial charge < -0.3 is 5.11 Å². The third kappa shape index (κ3) is 2.99. The average Bonchev–Trinajstić information content (AvgIpc) is 3.07. The molecule has 6 heteroatoms. The van der Waals surface area contributed by atoms with E-state index in [2.05, 4.69) is 10.1 Å². The number of hydrogen-bond acceptors (Lipinski definition) is 4. The number of rotatable bonds is 4. The van der Waals surface area contributed by atoms with Crippen LogP contribution >= 0.6 is 22.9 Å². The van der Waals surface area contributed by atoms with Crippen LogP contribution in [-0.4, -0.2) is 19.9 Å². The van der Waals surface area contributed by atoms with Gasteiger partial charge in [0.1, 0.15) is 15.4 Å². The van der Waals surface area contributed by atoms with Gasteiger partial charge in [-0.05, 0) is 18.9 Å². The first-order valence-corrected chi connectivity index (χ1v) is 7.75. The Kier molecular flexibility index (Phi) is 3.86. The number of thiazole rings is 1. The molecule has 1 N–H and O–H groups in total. The summed E-state index contributed by atoms with van der Waals surface area (Å²) in [4.78, 5) is 4.10. The second-order valence-corrected chi connectivity index (χ2v) is 6.64. The molecule has 0 bridgehead atoms. The molecule has 19 heavy (non-hydrogen) atoms. The minimum atomic E-state index is -0.621. The van der Waals surface area contributed by atoms with Crippen LogP contribution in [0.1, 0.15) is 48.5 Å². The predicted octanol–water partition coefficient (Wildman–Crippen LogP) is 3.38. The fourth-order valence-corrected chi connectivity index (χ4v) is 3.48. The number of hydrogen-bond donors (Lipinski definition) is 1. The largest absolute Gasteiger partial charge is 0.386 e. The zero-order valence-corrected chi connectivity index (χ0v) is 12.1. The lowest BCUT2D eigenvalue weighted by Crippen LogP contribution is -2.07. The van der Waals surface area contributed by atoms with Crippen LogP contribution in [0.15, 0.2) is 18.5 Å². The lowest BCUT2D eigenvalue weighted by atomic mass is 10.2. The zero-order chi connectivity index (χ0) is 13.2. The Bertz CT molecular complexity index is 548. The van der Waals surface area contributed by atoms with Gasteiger partial charge in [-0.3, -0.25) is 4.68 Å². The van der Waals surface area contributed by atoms with Crippen LogP contribution in [-0.2, 0) is 6.42 Å². The molecule has 0 spiro atoms. The van der Waals surface area contributed by atoms with Gasteiger partial charge in [-0.15, -0.1) is 11.3 Å². The van der Waals surface area contributed by atoms with Gasteiger partial charge in [-0.2, -0.15) is 5.10 Å². The van der Waals surface area contributed by atoms with E-state index in [0.717, 1.165) is 5.69 Å². The van der Waals surface area contributed by atoms with Crippen LogP contribution in [0.2, 0.25) is 4.34 Å². The van der Waals surface area contributed by atoms with Crippen molar-refractivity contribution in [1.82, 2.24) is 14.8 Å². The van der Waals surface area contributed by atoms with Crippen LogP contribution in [0.25, 0.3) is 0 Å². The van der Waals surface area contributed by atoms with Gasteiger partial charge in [-0.1, -0.05) is 24.4 Å². The molecular weight excluding hydrogens is 282 g/mol. The van der Waals surface area contributed by atoms with Gasteiger partial charge in [-0.25, -0.2) is 4.98 Å². The normalized spacial score (nSPS) is 18.0. The van der Waals surface area contributed by atoms with Gasteiger partial charge in [0.05, 0.1) is 17.9 Å². The lowest BCUT2D eigenvalue weighted by molar-refractivity contribution is 0.176. The van der Waals surface area contributed by atoms with Crippen LogP contribution < -0.4 is 0 Å². The average molecular weight is 298 g/mol. The molecule has 1 atom stereocenters. The molecule has 0 radical (unpaired) electrons. The maximum absolute atomic E-state index is 10.1. The number of aromatic nitrogens is 3. The second kappa shape index (κ2) is 5.61. The van der Waals surface area contributed by atoms with Crippen molar-refractivity contribution in [2.45, 2.75) is 44.2 Å². The molecular formula is C13H16ClN3OS. The summed E-state index contributed by atoms with van der Waals surface area (Å²) in [5.41, 5.74) is 0.908. The molecule has 0 aliphatic heterocycles. The topological polar surface area (TPSA) is 50.9 Å². The molecule has 0 aromatic carbocycles. The molecule has 2 heterocycles. The quantitative estimate of drug-likeness (QED) is 0.941. The summed E-state index contributed by atoms with van der Waals surface area (Å²) >= 11 is 7.14.